The second-order valence-electron chi connectivity index (χ2n) is 4.45. The number of benzene rings is 1. The molecule has 20 heavy (non-hydrogen) atoms. The van der Waals surface area contributed by atoms with Crippen molar-refractivity contribution in [2.75, 3.05) is 11.9 Å². The van der Waals surface area contributed by atoms with Gasteiger partial charge in [-0.25, -0.2) is 9.36 Å². The third kappa shape index (κ3) is 8.17. The highest BCUT2D eigenvalue weighted by Crippen LogP contribution is 2.39. The Kier molecular flexibility index (Phi) is 7.83. The number of carbonyl (C=O) groups is 1. The molecule has 1 atom stereocenters. The summed E-state index contributed by atoms with van der Waals surface area (Å²) in [6, 6.07) is 9.09. The number of nitrogens with zero attached hydrogens (tertiary/aromatic N) is 1. The minimum atomic E-state index is -4.17. The molecule has 0 aliphatic heterocycles. The lowest BCUT2D eigenvalue weighted by atomic mass is 10.0. The molecule has 0 saturated heterocycles. The molecule has 0 aromatic heterocycles. The van der Waals surface area contributed by atoms with Crippen LogP contribution in [0.15, 0.2) is 30.3 Å². The van der Waals surface area contributed by atoms with Crippen molar-refractivity contribution in [2.24, 2.45) is 5.92 Å². The van der Waals surface area contributed by atoms with Gasteiger partial charge >= 0.3 is 12.9 Å². The lowest BCUT2D eigenvalue weighted by molar-refractivity contribution is -0.139. The average Bonchev–Trinajstić information content (AvgIpc) is 2.26. The summed E-state index contributed by atoms with van der Waals surface area (Å²) in [5, 5.41) is 9.13. The summed E-state index contributed by atoms with van der Waals surface area (Å²) >= 11 is 4.20. The Balaban J connectivity index is 0.000000621. The Hall–Kier alpha value is -1.07. The molecule has 0 unspecified atom stereocenters. The molecule has 1 rings (SSSR count). The van der Waals surface area contributed by atoms with Crippen molar-refractivity contribution >= 4 is 29.8 Å². The fourth-order valence-electron chi connectivity index (χ4n) is 1.72. The number of hydrogen-bond donors (Lipinski definition) is 3. The third-order valence-corrected chi connectivity index (χ3v) is 2.47. The summed E-state index contributed by atoms with van der Waals surface area (Å²) in [5.74, 6) is -0.705. The van der Waals surface area contributed by atoms with Crippen molar-refractivity contribution < 1.29 is 24.3 Å². The first-order chi connectivity index (χ1) is 9.04. The minimum absolute atomic E-state index is 0.0766. The second-order valence-corrected chi connectivity index (χ2v) is 6.71. The predicted octanol–water partition coefficient (Wildman–Crippen LogP) is 2.55. The third-order valence-electron chi connectivity index (χ3n) is 2.47. The van der Waals surface area contributed by atoms with Crippen LogP contribution in [0.3, 0.4) is 0 Å². The van der Waals surface area contributed by atoms with E-state index in [9.17, 15) is 4.79 Å². The highest BCUT2D eigenvalue weighted by atomic mass is 35.7. The molecule has 3 N–H and O–H groups in total. The van der Waals surface area contributed by atoms with Crippen molar-refractivity contribution in [3.63, 3.8) is 0 Å². The lowest BCUT2D eigenvalue weighted by Crippen LogP contribution is -2.42. The van der Waals surface area contributed by atoms with Gasteiger partial charge < -0.3 is 19.8 Å². The van der Waals surface area contributed by atoms with Crippen LogP contribution < -0.4 is 4.90 Å². The molecule has 0 radical (unpaired) electrons. The molecule has 0 bridgehead atoms. The van der Waals surface area contributed by atoms with Crippen LogP contribution in [0.1, 0.15) is 13.8 Å². The molecular formula is C12H19ClNO5P. The van der Waals surface area contributed by atoms with Crippen LogP contribution in [0, 0.1) is 5.92 Å². The van der Waals surface area contributed by atoms with Gasteiger partial charge in [0, 0.05) is 24.0 Å². The van der Waals surface area contributed by atoms with E-state index >= 15 is 0 Å². The number of rotatable bonds is 4. The van der Waals surface area contributed by atoms with Gasteiger partial charge in [0.15, 0.2) is 0 Å². The number of halogens is 1. The SMILES string of the molecule is CC(C)[C@@H](C(=O)O)N(C)c1ccccc1.O=P(O)(O)Cl. The van der Waals surface area contributed by atoms with E-state index in [1.807, 2.05) is 51.2 Å². The summed E-state index contributed by atoms with van der Waals surface area (Å²) < 4.78 is 9.09. The van der Waals surface area contributed by atoms with E-state index in [0.29, 0.717) is 0 Å². The van der Waals surface area contributed by atoms with Crippen LogP contribution in [-0.2, 0) is 9.36 Å². The molecule has 0 aliphatic carbocycles. The fraction of sp³-hybridized carbons (Fsp3) is 0.417. The topological polar surface area (TPSA) is 98.1 Å². The van der Waals surface area contributed by atoms with Crippen LogP contribution in [0.5, 0.6) is 0 Å². The molecule has 1 aromatic carbocycles. The summed E-state index contributed by atoms with van der Waals surface area (Å²) in [4.78, 5) is 27.7. The minimum Gasteiger partial charge on any atom is -0.480 e. The quantitative estimate of drug-likeness (QED) is 0.737. The smallest absolute Gasteiger partial charge is 0.419 e. The van der Waals surface area contributed by atoms with Gasteiger partial charge in [-0.1, -0.05) is 32.0 Å². The second kappa shape index (κ2) is 8.27. The molecule has 0 fully saturated rings. The lowest BCUT2D eigenvalue weighted by Gasteiger charge is -2.29. The number of carboxylic acids is 1. The molecule has 0 heterocycles. The van der Waals surface area contributed by atoms with E-state index in [-0.39, 0.29) is 5.92 Å². The van der Waals surface area contributed by atoms with Gasteiger partial charge in [-0.05, 0) is 18.1 Å². The Morgan fingerprint density at radius 1 is 1.25 bits per heavy atom. The Bertz CT molecular complexity index is 454. The number of carboxylic acid groups (broad SMARTS) is 1. The maximum atomic E-state index is 11.1. The number of anilines is 1. The largest absolute Gasteiger partial charge is 0.480 e. The van der Waals surface area contributed by atoms with Gasteiger partial charge in [0.25, 0.3) is 0 Å². The number of para-hydroxylation sites is 1. The van der Waals surface area contributed by atoms with Gasteiger partial charge in [0.2, 0.25) is 0 Å². The first-order valence-electron chi connectivity index (χ1n) is 5.80. The highest BCUT2D eigenvalue weighted by molar-refractivity contribution is 7.79. The van der Waals surface area contributed by atoms with Crippen LogP contribution in [-0.4, -0.2) is 34.0 Å². The summed E-state index contributed by atoms with van der Waals surface area (Å²) in [7, 11) is 1.81. The van der Waals surface area contributed by atoms with Crippen molar-refractivity contribution in [2.45, 2.75) is 19.9 Å². The van der Waals surface area contributed by atoms with Gasteiger partial charge in [-0.3, -0.25) is 0 Å². The fourth-order valence-corrected chi connectivity index (χ4v) is 1.72. The molecule has 1 aromatic rings. The van der Waals surface area contributed by atoms with Crippen molar-refractivity contribution in [1.29, 1.82) is 0 Å². The van der Waals surface area contributed by atoms with Gasteiger partial charge in [0.1, 0.15) is 6.04 Å². The summed E-state index contributed by atoms with van der Waals surface area (Å²) in [6.45, 7) is -0.337. The van der Waals surface area contributed by atoms with Crippen LogP contribution >= 0.6 is 18.2 Å². The zero-order valence-corrected chi connectivity index (χ0v) is 13.1. The van der Waals surface area contributed by atoms with Crippen molar-refractivity contribution in [3.05, 3.63) is 30.3 Å². The monoisotopic (exact) mass is 323 g/mol. The molecule has 114 valence electrons. The molecule has 0 amide bonds. The van der Waals surface area contributed by atoms with Crippen molar-refractivity contribution in [3.8, 4) is 0 Å². The van der Waals surface area contributed by atoms with Crippen molar-refractivity contribution in [1.82, 2.24) is 0 Å². The Morgan fingerprint density at radius 3 is 1.95 bits per heavy atom. The Labute approximate surface area is 122 Å². The first kappa shape index (κ1) is 18.9. The molecular weight excluding hydrogens is 305 g/mol. The van der Waals surface area contributed by atoms with Crippen LogP contribution in [0.4, 0.5) is 5.69 Å². The van der Waals surface area contributed by atoms with E-state index in [1.54, 1.807) is 4.90 Å². The van der Waals surface area contributed by atoms with Gasteiger partial charge in [-0.2, -0.15) is 0 Å². The number of hydrogen-bond acceptors (Lipinski definition) is 3. The molecule has 6 nitrogen and oxygen atoms in total. The number of aliphatic carboxylic acids is 1. The van der Waals surface area contributed by atoms with E-state index in [0.717, 1.165) is 5.69 Å². The zero-order chi connectivity index (χ0) is 15.9. The summed E-state index contributed by atoms with van der Waals surface area (Å²) in [6.07, 6.45) is 0. The molecule has 0 aliphatic rings. The molecule has 0 spiro atoms. The Morgan fingerprint density at radius 2 is 1.65 bits per heavy atom. The standard InChI is InChI=1S/C12H17NO2.ClH2O3P/c1-9(2)11(12(14)15)13(3)10-7-5-4-6-8-10;1-5(2,3)4/h4-9,11H,1-3H3,(H,14,15);(H2,2,3,4)/t11-;/m0./s1. The molecule has 8 heteroatoms. The maximum Gasteiger partial charge on any atom is 0.419 e. The molecule has 0 saturated carbocycles. The normalized spacial score (nSPS) is 12.3. The van der Waals surface area contributed by atoms with E-state index in [2.05, 4.69) is 11.2 Å². The highest BCUT2D eigenvalue weighted by Gasteiger charge is 2.26. The van der Waals surface area contributed by atoms with E-state index < -0.39 is 19.0 Å². The summed E-state index contributed by atoms with van der Waals surface area (Å²) in [5.41, 5.74) is 0.929. The zero-order valence-electron chi connectivity index (χ0n) is 11.5. The van der Waals surface area contributed by atoms with Gasteiger partial charge in [-0.15, -0.1) is 0 Å². The van der Waals surface area contributed by atoms with Gasteiger partial charge in [0.05, 0.1) is 0 Å². The maximum absolute atomic E-state index is 11.1. The predicted molar refractivity (Wildman–Crippen MR) is 79.0 cm³/mol. The first-order valence-corrected chi connectivity index (χ1v) is 8.31. The van der Waals surface area contributed by atoms with Crippen LogP contribution in [0.25, 0.3) is 0 Å². The van der Waals surface area contributed by atoms with E-state index in [1.165, 1.54) is 0 Å². The average molecular weight is 324 g/mol. The van der Waals surface area contributed by atoms with E-state index in [4.69, 9.17) is 19.5 Å². The van der Waals surface area contributed by atoms with Crippen LogP contribution in [0.2, 0.25) is 0 Å². The number of likely N-dealkylation sites (N-methyl/N-ethyl adjacent to an activating group) is 1.